The van der Waals surface area contributed by atoms with E-state index in [9.17, 15) is 13.2 Å². The number of nitrogens with zero attached hydrogens (tertiary/aromatic N) is 2. The van der Waals surface area contributed by atoms with Gasteiger partial charge in [-0.05, 0) is 48.9 Å². The molecule has 1 aromatic carbocycles. The molecular weight excluding hydrogens is 398 g/mol. The molecule has 0 bridgehead atoms. The van der Waals surface area contributed by atoms with E-state index in [1.807, 2.05) is 12.1 Å². The Labute approximate surface area is 169 Å². The summed E-state index contributed by atoms with van der Waals surface area (Å²) in [7, 11) is -3.99. The Balaban J connectivity index is 1.71. The summed E-state index contributed by atoms with van der Waals surface area (Å²) in [6, 6.07) is 9.82. The standard InChI is InChI=1S/C19H23N3O6S/c1-19(18(23)21-24)14-27-13-11-22(19)29(25,26)17-4-2-16(3-5-17)28-12-8-15-6-9-20-10-7-15/h2-7,9-10,24H,8,11-14H2,1H3,(H,21,23)/t19-/m1/s1. The minimum absolute atomic E-state index is 0.00353. The number of pyridine rings is 1. The molecule has 0 radical (unpaired) electrons. The first kappa shape index (κ1) is 21.2. The van der Waals surface area contributed by atoms with Crippen molar-refractivity contribution < 1.29 is 27.9 Å². The number of hydrogen-bond acceptors (Lipinski definition) is 7. The van der Waals surface area contributed by atoms with Gasteiger partial charge in [-0.1, -0.05) is 0 Å². The molecule has 10 heteroatoms. The summed E-state index contributed by atoms with van der Waals surface area (Å²) in [5.74, 6) is -0.312. The summed E-state index contributed by atoms with van der Waals surface area (Å²) >= 11 is 0. The molecular formula is C19H23N3O6S. The van der Waals surface area contributed by atoms with E-state index in [0.717, 1.165) is 9.87 Å². The zero-order chi connectivity index (χ0) is 20.9. The second-order valence-electron chi connectivity index (χ2n) is 6.77. The van der Waals surface area contributed by atoms with Crippen molar-refractivity contribution in [2.75, 3.05) is 26.4 Å². The van der Waals surface area contributed by atoms with E-state index in [0.29, 0.717) is 18.8 Å². The summed E-state index contributed by atoms with van der Waals surface area (Å²) in [6.45, 7) is 1.84. The monoisotopic (exact) mass is 421 g/mol. The highest BCUT2D eigenvalue weighted by molar-refractivity contribution is 7.89. The predicted molar refractivity (Wildman–Crippen MR) is 103 cm³/mol. The van der Waals surface area contributed by atoms with Crippen LogP contribution in [0.5, 0.6) is 5.75 Å². The quantitative estimate of drug-likeness (QED) is 0.505. The van der Waals surface area contributed by atoms with Crippen LogP contribution in [0, 0.1) is 0 Å². The smallest absolute Gasteiger partial charge is 0.266 e. The van der Waals surface area contributed by atoms with Crippen molar-refractivity contribution in [2.45, 2.75) is 23.8 Å². The number of aromatic nitrogens is 1. The Morgan fingerprint density at radius 3 is 2.62 bits per heavy atom. The number of amides is 1. The summed E-state index contributed by atoms with van der Waals surface area (Å²) < 4.78 is 38.2. The van der Waals surface area contributed by atoms with Gasteiger partial charge in [-0.3, -0.25) is 15.0 Å². The first-order valence-electron chi connectivity index (χ1n) is 9.05. The Bertz CT molecular complexity index is 936. The Hall–Kier alpha value is -2.53. The molecule has 1 aliphatic rings. The molecule has 1 amide bonds. The lowest BCUT2D eigenvalue weighted by Gasteiger charge is -2.41. The molecule has 0 saturated carbocycles. The minimum Gasteiger partial charge on any atom is -0.493 e. The van der Waals surface area contributed by atoms with Gasteiger partial charge in [0.25, 0.3) is 5.91 Å². The zero-order valence-corrected chi connectivity index (χ0v) is 16.8. The number of ether oxygens (including phenoxy) is 2. The van der Waals surface area contributed by atoms with E-state index in [-0.39, 0.29) is 24.7 Å². The molecule has 0 aliphatic carbocycles. The number of morpholine rings is 1. The number of carbonyl (C=O) groups is 1. The van der Waals surface area contributed by atoms with Crippen molar-refractivity contribution in [1.82, 2.24) is 14.8 Å². The lowest BCUT2D eigenvalue weighted by Crippen LogP contribution is -2.64. The van der Waals surface area contributed by atoms with Gasteiger partial charge in [0.05, 0.1) is 24.7 Å². The maximum Gasteiger partial charge on any atom is 0.266 e. The topological polar surface area (TPSA) is 118 Å². The van der Waals surface area contributed by atoms with Gasteiger partial charge < -0.3 is 9.47 Å². The predicted octanol–water partition coefficient (Wildman–Crippen LogP) is 0.988. The van der Waals surface area contributed by atoms with Gasteiger partial charge in [0, 0.05) is 25.4 Å². The molecule has 2 heterocycles. The van der Waals surface area contributed by atoms with Gasteiger partial charge in [-0.2, -0.15) is 4.31 Å². The number of benzene rings is 1. The van der Waals surface area contributed by atoms with Crippen molar-refractivity contribution in [3.63, 3.8) is 0 Å². The molecule has 0 spiro atoms. The highest BCUT2D eigenvalue weighted by Crippen LogP contribution is 2.29. The van der Waals surface area contributed by atoms with Crippen molar-refractivity contribution in [3.8, 4) is 5.75 Å². The van der Waals surface area contributed by atoms with Gasteiger partial charge in [-0.15, -0.1) is 0 Å². The molecule has 1 saturated heterocycles. The second-order valence-corrected chi connectivity index (χ2v) is 8.63. The SMILES string of the molecule is C[C@]1(C(=O)NO)COCCN1S(=O)(=O)c1ccc(OCCc2ccncc2)cc1. The Kier molecular flexibility index (Phi) is 6.48. The van der Waals surface area contributed by atoms with Crippen molar-refractivity contribution in [1.29, 1.82) is 0 Å². The molecule has 2 aromatic rings. The van der Waals surface area contributed by atoms with E-state index in [2.05, 4.69) is 4.98 Å². The molecule has 156 valence electrons. The Morgan fingerprint density at radius 1 is 1.28 bits per heavy atom. The van der Waals surface area contributed by atoms with Crippen LogP contribution in [0.3, 0.4) is 0 Å². The number of nitrogens with one attached hydrogen (secondary N) is 1. The van der Waals surface area contributed by atoms with Crippen LogP contribution in [0.4, 0.5) is 0 Å². The fourth-order valence-corrected chi connectivity index (χ4v) is 4.81. The van der Waals surface area contributed by atoms with Gasteiger partial charge in [0.15, 0.2) is 0 Å². The summed E-state index contributed by atoms with van der Waals surface area (Å²) in [6.07, 6.45) is 4.13. The molecule has 1 fully saturated rings. The zero-order valence-electron chi connectivity index (χ0n) is 15.9. The number of hydrogen-bond donors (Lipinski definition) is 2. The molecule has 2 N–H and O–H groups in total. The van der Waals surface area contributed by atoms with E-state index in [4.69, 9.17) is 14.7 Å². The van der Waals surface area contributed by atoms with Crippen LogP contribution in [0.25, 0.3) is 0 Å². The lowest BCUT2D eigenvalue weighted by atomic mass is 10.0. The number of rotatable bonds is 7. The second kappa shape index (κ2) is 8.87. The van der Waals surface area contributed by atoms with Crippen LogP contribution >= 0.6 is 0 Å². The van der Waals surface area contributed by atoms with Crippen LogP contribution in [-0.2, 0) is 26.0 Å². The molecule has 1 aromatic heterocycles. The average Bonchev–Trinajstić information content (AvgIpc) is 2.74. The van der Waals surface area contributed by atoms with Crippen LogP contribution < -0.4 is 10.2 Å². The van der Waals surface area contributed by atoms with Gasteiger partial charge in [-0.25, -0.2) is 13.9 Å². The highest BCUT2D eigenvalue weighted by Gasteiger charge is 2.48. The Morgan fingerprint density at radius 2 is 1.97 bits per heavy atom. The van der Waals surface area contributed by atoms with Crippen LogP contribution in [0.15, 0.2) is 53.7 Å². The van der Waals surface area contributed by atoms with E-state index in [1.165, 1.54) is 24.5 Å². The number of carbonyl (C=O) groups excluding carboxylic acids is 1. The summed E-state index contributed by atoms with van der Waals surface area (Å²) in [4.78, 5) is 16.1. The summed E-state index contributed by atoms with van der Waals surface area (Å²) in [5.41, 5.74) is 1.07. The molecule has 1 atom stereocenters. The molecule has 3 rings (SSSR count). The maximum atomic E-state index is 13.1. The van der Waals surface area contributed by atoms with Crippen LogP contribution in [-0.4, -0.2) is 60.7 Å². The van der Waals surface area contributed by atoms with Gasteiger partial charge in [0.1, 0.15) is 11.3 Å². The fourth-order valence-electron chi connectivity index (χ4n) is 3.09. The van der Waals surface area contributed by atoms with E-state index < -0.39 is 21.5 Å². The minimum atomic E-state index is -3.99. The molecule has 1 aliphatic heterocycles. The molecule has 0 unspecified atom stereocenters. The fraction of sp³-hybridized carbons (Fsp3) is 0.368. The first-order valence-corrected chi connectivity index (χ1v) is 10.5. The number of hydroxylamine groups is 1. The average molecular weight is 421 g/mol. The largest absolute Gasteiger partial charge is 0.493 e. The van der Waals surface area contributed by atoms with Crippen molar-refractivity contribution >= 4 is 15.9 Å². The normalized spacial score (nSPS) is 20.2. The van der Waals surface area contributed by atoms with Crippen LogP contribution in [0.1, 0.15) is 12.5 Å². The third kappa shape index (κ3) is 4.56. The lowest BCUT2D eigenvalue weighted by molar-refractivity contribution is -0.146. The van der Waals surface area contributed by atoms with Crippen LogP contribution in [0.2, 0.25) is 0 Å². The molecule has 29 heavy (non-hydrogen) atoms. The van der Waals surface area contributed by atoms with Crippen molar-refractivity contribution in [3.05, 3.63) is 54.4 Å². The van der Waals surface area contributed by atoms with E-state index >= 15 is 0 Å². The van der Waals surface area contributed by atoms with Gasteiger partial charge in [0.2, 0.25) is 10.0 Å². The third-order valence-electron chi connectivity index (χ3n) is 4.78. The first-order chi connectivity index (χ1) is 13.9. The summed E-state index contributed by atoms with van der Waals surface area (Å²) in [5, 5.41) is 9.01. The number of sulfonamides is 1. The highest BCUT2D eigenvalue weighted by atomic mass is 32.2. The third-order valence-corrected chi connectivity index (χ3v) is 6.82. The van der Waals surface area contributed by atoms with Crippen molar-refractivity contribution in [2.24, 2.45) is 0 Å². The maximum absolute atomic E-state index is 13.1. The van der Waals surface area contributed by atoms with E-state index in [1.54, 1.807) is 24.5 Å². The van der Waals surface area contributed by atoms with Gasteiger partial charge >= 0.3 is 0 Å². The molecule has 9 nitrogen and oxygen atoms in total.